The summed E-state index contributed by atoms with van der Waals surface area (Å²) < 4.78 is 5.78. The van der Waals surface area contributed by atoms with Crippen LogP contribution < -0.4 is 10.1 Å². The van der Waals surface area contributed by atoms with Crippen LogP contribution >= 0.6 is 0 Å². The standard InChI is InChI=1S/C27H27N3O4/c1-3-4-14-30-26(32)23-12-9-21(15-24(23)27(30)33)25(31)29-18(2)20-7-10-22(11-8-20)34-17-19-6-5-13-28-16-19/h5-13,15-16,18H,3-4,14,17H2,1-2H3,(H,29,31). The predicted octanol–water partition coefficient (Wildman–Crippen LogP) is 4.55. The van der Waals surface area contributed by atoms with Crippen molar-refractivity contribution in [3.63, 3.8) is 0 Å². The first kappa shape index (κ1) is 23.2. The normalized spacial score (nSPS) is 13.5. The number of imide groups is 1. The summed E-state index contributed by atoms with van der Waals surface area (Å²) in [5.74, 6) is -0.211. The molecule has 1 N–H and O–H groups in total. The smallest absolute Gasteiger partial charge is 0.261 e. The minimum Gasteiger partial charge on any atom is -0.489 e. The van der Waals surface area contributed by atoms with Crippen LogP contribution in [0.2, 0.25) is 0 Å². The Bertz CT molecular complexity index is 1190. The van der Waals surface area contributed by atoms with Gasteiger partial charge in [0, 0.05) is 30.1 Å². The maximum absolute atomic E-state index is 12.8. The second-order valence-corrected chi connectivity index (χ2v) is 8.29. The van der Waals surface area contributed by atoms with E-state index in [1.165, 1.54) is 11.0 Å². The third-order valence-corrected chi connectivity index (χ3v) is 5.82. The summed E-state index contributed by atoms with van der Waals surface area (Å²) in [5, 5.41) is 2.95. The number of nitrogens with zero attached hydrogens (tertiary/aromatic N) is 2. The summed E-state index contributed by atoms with van der Waals surface area (Å²) in [6.45, 7) is 4.71. The number of pyridine rings is 1. The van der Waals surface area contributed by atoms with Gasteiger partial charge in [-0.3, -0.25) is 24.3 Å². The quantitative estimate of drug-likeness (QED) is 0.476. The highest BCUT2D eigenvalue weighted by Gasteiger charge is 2.35. The Hall–Kier alpha value is -4.00. The molecule has 1 unspecified atom stereocenters. The molecule has 0 saturated heterocycles. The highest BCUT2D eigenvalue weighted by atomic mass is 16.5. The zero-order valence-corrected chi connectivity index (χ0v) is 19.3. The van der Waals surface area contributed by atoms with Crippen molar-refractivity contribution < 1.29 is 19.1 Å². The molecule has 1 atom stereocenters. The third-order valence-electron chi connectivity index (χ3n) is 5.82. The predicted molar refractivity (Wildman–Crippen MR) is 128 cm³/mol. The molecule has 4 rings (SSSR count). The van der Waals surface area contributed by atoms with Crippen LogP contribution in [0.25, 0.3) is 0 Å². The first-order valence-electron chi connectivity index (χ1n) is 11.4. The van der Waals surface area contributed by atoms with E-state index in [0.29, 0.717) is 24.3 Å². The van der Waals surface area contributed by atoms with Crippen LogP contribution in [0.4, 0.5) is 0 Å². The molecule has 1 aliphatic heterocycles. The van der Waals surface area contributed by atoms with E-state index >= 15 is 0 Å². The molecule has 7 heteroatoms. The first-order valence-corrected chi connectivity index (χ1v) is 11.4. The number of carbonyl (C=O) groups is 3. The van der Waals surface area contributed by atoms with E-state index in [0.717, 1.165) is 29.7 Å². The Morgan fingerprint density at radius 3 is 2.53 bits per heavy atom. The molecule has 0 bridgehead atoms. The number of hydrogen-bond donors (Lipinski definition) is 1. The monoisotopic (exact) mass is 457 g/mol. The lowest BCUT2D eigenvalue weighted by Crippen LogP contribution is -2.30. The largest absolute Gasteiger partial charge is 0.489 e. The summed E-state index contributed by atoms with van der Waals surface area (Å²) in [5.41, 5.74) is 2.89. The molecule has 0 radical (unpaired) electrons. The van der Waals surface area contributed by atoms with Gasteiger partial charge in [0.1, 0.15) is 12.4 Å². The number of hydrogen-bond acceptors (Lipinski definition) is 5. The molecule has 174 valence electrons. The molecule has 2 aromatic carbocycles. The number of rotatable bonds is 9. The first-order chi connectivity index (χ1) is 16.5. The number of unbranched alkanes of at least 4 members (excludes halogenated alkanes) is 1. The topological polar surface area (TPSA) is 88.6 Å². The Kier molecular flexibility index (Phi) is 7.01. The molecule has 3 aromatic rings. The average Bonchev–Trinajstić information content (AvgIpc) is 3.11. The molecule has 3 amide bonds. The van der Waals surface area contributed by atoms with Gasteiger partial charge in [-0.25, -0.2) is 0 Å². The number of aromatic nitrogens is 1. The zero-order valence-electron chi connectivity index (χ0n) is 19.3. The van der Waals surface area contributed by atoms with Gasteiger partial charge in [0.25, 0.3) is 17.7 Å². The van der Waals surface area contributed by atoms with Crippen LogP contribution in [0.1, 0.15) is 74.9 Å². The van der Waals surface area contributed by atoms with Gasteiger partial charge in [-0.2, -0.15) is 0 Å². The van der Waals surface area contributed by atoms with E-state index < -0.39 is 0 Å². The third kappa shape index (κ3) is 4.98. The van der Waals surface area contributed by atoms with Gasteiger partial charge in [-0.05, 0) is 55.3 Å². The number of ether oxygens (including phenoxy) is 1. The van der Waals surface area contributed by atoms with Crippen LogP contribution in [0.3, 0.4) is 0 Å². The summed E-state index contributed by atoms with van der Waals surface area (Å²) >= 11 is 0. The van der Waals surface area contributed by atoms with E-state index in [4.69, 9.17) is 4.74 Å². The number of carbonyl (C=O) groups excluding carboxylic acids is 3. The van der Waals surface area contributed by atoms with Crippen LogP contribution in [0, 0.1) is 0 Å². The van der Waals surface area contributed by atoms with Crippen LogP contribution in [0.5, 0.6) is 5.75 Å². The summed E-state index contributed by atoms with van der Waals surface area (Å²) in [6.07, 6.45) is 5.12. The van der Waals surface area contributed by atoms with Crippen molar-refractivity contribution >= 4 is 17.7 Å². The number of fused-ring (bicyclic) bond motifs is 1. The second-order valence-electron chi connectivity index (χ2n) is 8.29. The van der Waals surface area contributed by atoms with Gasteiger partial charge in [0.2, 0.25) is 0 Å². The fourth-order valence-corrected chi connectivity index (χ4v) is 3.82. The molecule has 1 aliphatic rings. The Morgan fingerprint density at radius 1 is 1.06 bits per heavy atom. The molecule has 7 nitrogen and oxygen atoms in total. The Balaban J connectivity index is 1.38. The highest BCUT2D eigenvalue weighted by Crippen LogP contribution is 2.25. The molecular weight excluding hydrogens is 430 g/mol. The van der Waals surface area contributed by atoms with Crippen LogP contribution in [0.15, 0.2) is 67.0 Å². The molecule has 0 spiro atoms. The number of amides is 3. The molecule has 2 heterocycles. The lowest BCUT2D eigenvalue weighted by atomic mass is 10.0. The highest BCUT2D eigenvalue weighted by molar-refractivity contribution is 6.22. The Morgan fingerprint density at radius 2 is 1.82 bits per heavy atom. The van der Waals surface area contributed by atoms with Crippen LogP contribution in [-0.4, -0.2) is 34.2 Å². The molecular formula is C27H27N3O4. The van der Waals surface area contributed by atoms with E-state index in [-0.39, 0.29) is 29.3 Å². The van der Waals surface area contributed by atoms with E-state index in [2.05, 4.69) is 10.3 Å². The van der Waals surface area contributed by atoms with Crippen molar-refractivity contribution in [3.05, 3.63) is 94.8 Å². The minimum atomic E-state index is -0.335. The van der Waals surface area contributed by atoms with E-state index in [1.54, 1.807) is 24.5 Å². The van der Waals surface area contributed by atoms with E-state index in [9.17, 15) is 14.4 Å². The lowest BCUT2D eigenvalue weighted by Gasteiger charge is -2.15. The summed E-state index contributed by atoms with van der Waals surface area (Å²) in [7, 11) is 0. The van der Waals surface area contributed by atoms with Gasteiger partial charge in [0.15, 0.2) is 0 Å². The second kappa shape index (κ2) is 10.3. The van der Waals surface area contributed by atoms with Crippen molar-refractivity contribution in [3.8, 4) is 5.75 Å². The van der Waals surface area contributed by atoms with Crippen molar-refractivity contribution in [1.82, 2.24) is 15.2 Å². The minimum absolute atomic E-state index is 0.258. The summed E-state index contributed by atoms with van der Waals surface area (Å²) in [4.78, 5) is 43.3. The molecule has 1 aromatic heterocycles. The van der Waals surface area contributed by atoms with Crippen LogP contribution in [-0.2, 0) is 6.61 Å². The maximum Gasteiger partial charge on any atom is 0.261 e. The van der Waals surface area contributed by atoms with Gasteiger partial charge < -0.3 is 10.1 Å². The molecule has 0 fully saturated rings. The maximum atomic E-state index is 12.8. The fraction of sp³-hybridized carbons (Fsp3) is 0.259. The average molecular weight is 458 g/mol. The number of benzene rings is 2. The van der Waals surface area contributed by atoms with Gasteiger partial charge in [-0.15, -0.1) is 0 Å². The summed E-state index contributed by atoms with van der Waals surface area (Å²) in [6, 6.07) is 15.7. The number of nitrogens with one attached hydrogen (secondary N) is 1. The zero-order chi connectivity index (χ0) is 24.1. The molecule has 0 aliphatic carbocycles. The van der Waals surface area contributed by atoms with Crippen molar-refractivity contribution in [2.24, 2.45) is 0 Å². The lowest BCUT2D eigenvalue weighted by molar-refractivity contribution is 0.0652. The van der Waals surface area contributed by atoms with Crippen molar-refractivity contribution in [2.75, 3.05) is 6.54 Å². The van der Waals surface area contributed by atoms with Gasteiger partial charge >= 0.3 is 0 Å². The Labute approximate surface area is 198 Å². The molecule has 34 heavy (non-hydrogen) atoms. The van der Waals surface area contributed by atoms with Gasteiger partial charge in [-0.1, -0.05) is 31.5 Å². The fourth-order valence-electron chi connectivity index (χ4n) is 3.82. The van der Waals surface area contributed by atoms with E-state index in [1.807, 2.05) is 50.2 Å². The van der Waals surface area contributed by atoms with Gasteiger partial charge in [0.05, 0.1) is 17.2 Å². The van der Waals surface area contributed by atoms with Crippen molar-refractivity contribution in [1.29, 1.82) is 0 Å². The SMILES string of the molecule is CCCCN1C(=O)c2ccc(C(=O)NC(C)c3ccc(OCc4cccnc4)cc3)cc2C1=O. The van der Waals surface area contributed by atoms with Crippen molar-refractivity contribution in [2.45, 2.75) is 39.3 Å². The molecule has 0 saturated carbocycles.